The fourth-order valence-electron chi connectivity index (χ4n) is 2.70. The molecule has 0 atom stereocenters. The highest BCUT2D eigenvalue weighted by atomic mass is 32.1. The van der Waals surface area contributed by atoms with E-state index in [0.717, 1.165) is 4.96 Å². The van der Waals surface area contributed by atoms with Crippen LogP contribution in [0.2, 0.25) is 0 Å². The van der Waals surface area contributed by atoms with Gasteiger partial charge in [-0.25, -0.2) is 14.8 Å². The van der Waals surface area contributed by atoms with Crippen molar-refractivity contribution in [1.82, 2.24) is 14.8 Å². The molecule has 0 fully saturated rings. The third kappa shape index (κ3) is 3.73. The molecule has 29 heavy (non-hydrogen) atoms. The molecule has 0 saturated carbocycles. The topological polar surface area (TPSA) is 102 Å². The predicted octanol–water partition coefficient (Wildman–Crippen LogP) is 3.87. The van der Waals surface area contributed by atoms with Gasteiger partial charge in [0.25, 0.3) is 11.6 Å². The van der Waals surface area contributed by atoms with E-state index in [1.807, 2.05) is 16.0 Å². The van der Waals surface area contributed by atoms with E-state index in [-0.39, 0.29) is 17.1 Å². The summed E-state index contributed by atoms with van der Waals surface area (Å²) in [5.74, 6) is -0.856. The van der Waals surface area contributed by atoms with Crippen LogP contribution >= 0.6 is 11.3 Å². The summed E-state index contributed by atoms with van der Waals surface area (Å²) in [6, 6.07) is 11.1. The lowest BCUT2D eigenvalue weighted by Crippen LogP contribution is -2.17. The molecule has 0 spiro atoms. The third-order valence-electron chi connectivity index (χ3n) is 4.11. The Morgan fingerprint density at radius 1 is 1.21 bits per heavy atom. The number of halogens is 1. The second kappa shape index (κ2) is 7.60. The number of fused-ring (bicyclic) bond motifs is 1. The lowest BCUT2D eigenvalue weighted by molar-refractivity contribution is -0.384. The first-order valence-corrected chi connectivity index (χ1v) is 9.20. The SMILES string of the molecule is O=C(N/N=C/c1c(-c2ccc(F)cc2)nc2sccn12)c1ccc([N+](=O)[O-])cc1. The Kier molecular flexibility index (Phi) is 4.83. The van der Waals surface area contributed by atoms with Crippen LogP contribution in [0.4, 0.5) is 10.1 Å². The molecule has 10 heteroatoms. The number of amides is 1. The number of hydrogen-bond acceptors (Lipinski definition) is 6. The number of thiazole rings is 1. The van der Waals surface area contributed by atoms with E-state index in [2.05, 4.69) is 15.5 Å². The number of hydrogen-bond donors (Lipinski definition) is 1. The van der Waals surface area contributed by atoms with Gasteiger partial charge in [0, 0.05) is 34.8 Å². The quantitative estimate of drug-likeness (QED) is 0.307. The number of imidazole rings is 1. The minimum Gasteiger partial charge on any atom is -0.289 e. The predicted molar refractivity (Wildman–Crippen MR) is 107 cm³/mol. The van der Waals surface area contributed by atoms with E-state index < -0.39 is 10.8 Å². The summed E-state index contributed by atoms with van der Waals surface area (Å²) in [6.07, 6.45) is 3.27. The molecule has 2 heterocycles. The van der Waals surface area contributed by atoms with Gasteiger partial charge in [0.1, 0.15) is 5.82 Å². The molecule has 0 radical (unpaired) electrons. The average Bonchev–Trinajstić information content (AvgIpc) is 3.31. The van der Waals surface area contributed by atoms with Crippen LogP contribution in [0.1, 0.15) is 16.1 Å². The average molecular weight is 409 g/mol. The first-order chi connectivity index (χ1) is 14.0. The molecule has 0 aliphatic carbocycles. The van der Waals surface area contributed by atoms with Gasteiger partial charge in [-0.05, 0) is 36.4 Å². The summed E-state index contributed by atoms with van der Waals surface area (Å²) in [5.41, 5.74) is 4.46. The maximum atomic E-state index is 13.2. The summed E-state index contributed by atoms with van der Waals surface area (Å²) >= 11 is 1.43. The number of aromatic nitrogens is 2. The molecular formula is C19H12FN5O3S. The van der Waals surface area contributed by atoms with Crippen LogP contribution in [0.5, 0.6) is 0 Å². The molecule has 1 N–H and O–H groups in total. The molecule has 2 aromatic heterocycles. The minimum absolute atomic E-state index is 0.104. The number of benzene rings is 2. The van der Waals surface area contributed by atoms with Crippen molar-refractivity contribution in [1.29, 1.82) is 0 Å². The van der Waals surface area contributed by atoms with E-state index >= 15 is 0 Å². The van der Waals surface area contributed by atoms with Crippen molar-refractivity contribution in [2.75, 3.05) is 0 Å². The van der Waals surface area contributed by atoms with Crippen molar-refractivity contribution in [2.24, 2.45) is 5.10 Å². The molecular weight excluding hydrogens is 397 g/mol. The fraction of sp³-hybridized carbons (Fsp3) is 0. The molecule has 0 unspecified atom stereocenters. The second-order valence-electron chi connectivity index (χ2n) is 5.91. The largest absolute Gasteiger partial charge is 0.289 e. The van der Waals surface area contributed by atoms with Crippen molar-refractivity contribution in [3.05, 3.63) is 87.3 Å². The van der Waals surface area contributed by atoms with Gasteiger partial charge in [0.05, 0.1) is 22.5 Å². The zero-order valence-electron chi connectivity index (χ0n) is 14.7. The number of carbonyl (C=O) groups excluding carboxylic acids is 1. The molecule has 0 bridgehead atoms. The van der Waals surface area contributed by atoms with E-state index in [9.17, 15) is 19.3 Å². The minimum atomic E-state index is -0.539. The zero-order valence-corrected chi connectivity index (χ0v) is 15.5. The van der Waals surface area contributed by atoms with Gasteiger partial charge in [0.15, 0.2) is 4.96 Å². The molecule has 144 valence electrons. The van der Waals surface area contributed by atoms with Gasteiger partial charge < -0.3 is 0 Å². The van der Waals surface area contributed by atoms with Gasteiger partial charge in [0.2, 0.25) is 0 Å². The van der Waals surface area contributed by atoms with Gasteiger partial charge in [-0.1, -0.05) is 0 Å². The maximum absolute atomic E-state index is 13.2. The van der Waals surface area contributed by atoms with Crippen LogP contribution in [0.15, 0.2) is 65.2 Å². The van der Waals surface area contributed by atoms with Crippen molar-refractivity contribution in [3.8, 4) is 11.3 Å². The Bertz CT molecular complexity index is 1230. The molecule has 4 rings (SSSR count). The smallest absolute Gasteiger partial charge is 0.271 e. The van der Waals surface area contributed by atoms with Gasteiger partial charge in [-0.3, -0.25) is 19.3 Å². The Hall–Kier alpha value is -3.92. The summed E-state index contributed by atoms with van der Waals surface area (Å²) in [6.45, 7) is 0. The molecule has 0 aliphatic rings. The molecule has 4 aromatic rings. The number of rotatable bonds is 5. The molecule has 8 nitrogen and oxygen atoms in total. The van der Waals surface area contributed by atoms with Crippen LogP contribution < -0.4 is 5.43 Å². The normalized spacial score (nSPS) is 11.2. The van der Waals surface area contributed by atoms with Crippen LogP contribution in [0.3, 0.4) is 0 Å². The van der Waals surface area contributed by atoms with Crippen molar-refractivity contribution in [2.45, 2.75) is 0 Å². The zero-order chi connectivity index (χ0) is 20.4. The maximum Gasteiger partial charge on any atom is 0.271 e. The lowest BCUT2D eigenvalue weighted by Gasteiger charge is -2.01. The van der Waals surface area contributed by atoms with E-state index in [4.69, 9.17) is 0 Å². The first-order valence-electron chi connectivity index (χ1n) is 8.32. The summed E-state index contributed by atoms with van der Waals surface area (Å²) in [7, 11) is 0. The summed E-state index contributed by atoms with van der Waals surface area (Å²) in [5, 5.41) is 16.5. The van der Waals surface area contributed by atoms with Crippen LogP contribution in [0.25, 0.3) is 16.2 Å². The van der Waals surface area contributed by atoms with Crippen LogP contribution in [0, 0.1) is 15.9 Å². The van der Waals surface area contributed by atoms with Crippen LogP contribution in [-0.4, -0.2) is 26.4 Å². The van der Waals surface area contributed by atoms with E-state index in [0.29, 0.717) is 17.0 Å². The number of non-ortho nitro benzene ring substituents is 1. The second-order valence-corrected chi connectivity index (χ2v) is 6.78. The highest BCUT2D eigenvalue weighted by Crippen LogP contribution is 2.25. The number of nitrogens with zero attached hydrogens (tertiary/aromatic N) is 4. The van der Waals surface area contributed by atoms with Crippen molar-refractivity contribution < 1.29 is 14.1 Å². The Balaban J connectivity index is 1.58. The first kappa shape index (κ1) is 18.4. The fourth-order valence-corrected chi connectivity index (χ4v) is 3.42. The molecule has 2 aromatic carbocycles. The highest BCUT2D eigenvalue weighted by Gasteiger charge is 2.14. The van der Waals surface area contributed by atoms with Gasteiger partial charge in [-0.2, -0.15) is 5.10 Å². The van der Waals surface area contributed by atoms with Gasteiger partial charge >= 0.3 is 0 Å². The third-order valence-corrected chi connectivity index (χ3v) is 4.87. The lowest BCUT2D eigenvalue weighted by atomic mass is 10.1. The molecule has 1 amide bonds. The Labute approximate surface area is 167 Å². The number of nitro groups is 1. The van der Waals surface area contributed by atoms with Gasteiger partial charge in [-0.15, -0.1) is 11.3 Å². The Morgan fingerprint density at radius 2 is 1.93 bits per heavy atom. The van der Waals surface area contributed by atoms with Crippen molar-refractivity contribution >= 4 is 34.1 Å². The Morgan fingerprint density at radius 3 is 2.62 bits per heavy atom. The summed E-state index contributed by atoms with van der Waals surface area (Å²) in [4.78, 5) is 27.6. The molecule has 0 aliphatic heterocycles. The monoisotopic (exact) mass is 409 g/mol. The highest BCUT2D eigenvalue weighted by molar-refractivity contribution is 7.15. The molecule has 0 saturated heterocycles. The number of nitrogens with one attached hydrogen (secondary N) is 1. The number of nitro benzene ring substituents is 1. The number of hydrazone groups is 1. The standard InChI is InChI=1S/C19H12FN5O3S/c20-14-5-1-12(2-6-14)17-16(24-9-10-29-19(24)22-17)11-21-23-18(26)13-3-7-15(8-4-13)25(27)28/h1-11H,(H,23,26)/b21-11+. The van der Waals surface area contributed by atoms with Crippen LogP contribution in [-0.2, 0) is 0 Å². The summed E-state index contributed by atoms with van der Waals surface area (Å²) < 4.78 is 15.0. The van der Waals surface area contributed by atoms with E-state index in [1.165, 1.54) is 53.9 Å². The number of carbonyl (C=O) groups is 1. The van der Waals surface area contributed by atoms with Crippen molar-refractivity contribution in [3.63, 3.8) is 0 Å². The van der Waals surface area contributed by atoms with E-state index in [1.54, 1.807) is 12.1 Å².